The lowest BCUT2D eigenvalue weighted by atomic mass is 10.3. The number of aromatic nitrogens is 4. The second-order valence-electron chi connectivity index (χ2n) is 7.07. The molecular formula is C20H20BrN6OP. The number of fused-ring (bicyclic) bond motifs is 1. The first-order valence-corrected chi connectivity index (χ1v) is 12.3. The van der Waals surface area contributed by atoms with E-state index in [1.54, 1.807) is 25.9 Å². The molecule has 148 valence electrons. The Bertz CT molecular complexity index is 1250. The zero-order chi connectivity index (χ0) is 20.6. The maximum absolute atomic E-state index is 12.6. The summed E-state index contributed by atoms with van der Waals surface area (Å²) in [6, 6.07) is 13.4. The first-order valence-electron chi connectivity index (χ1n) is 8.93. The minimum Gasteiger partial charge on any atom is -0.339 e. The number of hydrogen-bond acceptors (Lipinski definition) is 6. The van der Waals surface area contributed by atoms with E-state index >= 15 is 0 Å². The number of benzene rings is 2. The van der Waals surface area contributed by atoms with Gasteiger partial charge in [-0.1, -0.05) is 12.1 Å². The minimum absolute atomic E-state index is 0.450. The molecule has 0 aliphatic heterocycles. The quantitative estimate of drug-likeness (QED) is 0.405. The number of anilines is 4. The first-order chi connectivity index (χ1) is 13.8. The molecule has 0 atom stereocenters. The molecule has 0 fully saturated rings. The van der Waals surface area contributed by atoms with Gasteiger partial charge >= 0.3 is 0 Å². The second kappa shape index (κ2) is 7.61. The topological polar surface area (TPSA) is 84.7 Å². The number of nitrogens with one attached hydrogen (secondary N) is 2. The number of imidazole rings is 1. The Balaban J connectivity index is 1.64. The monoisotopic (exact) mass is 470 g/mol. The van der Waals surface area contributed by atoms with Crippen LogP contribution in [0.4, 0.5) is 23.1 Å². The van der Waals surface area contributed by atoms with Gasteiger partial charge in [-0.25, -0.2) is 9.97 Å². The van der Waals surface area contributed by atoms with Crippen molar-refractivity contribution in [3.8, 4) is 0 Å². The van der Waals surface area contributed by atoms with E-state index in [4.69, 9.17) is 0 Å². The van der Waals surface area contributed by atoms with Gasteiger partial charge in [0, 0.05) is 24.2 Å². The smallest absolute Gasteiger partial charge is 0.229 e. The lowest BCUT2D eigenvalue weighted by molar-refractivity contribution is 0.588. The summed E-state index contributed by atoms with van der Waals surface area (Å²) >= 11 is 3.49. The highest BCUT2D eigenvalue weighted by molar-refractivity contribution is 9.10. The number of hydrogen-bond donors (Lipinski definition) is 2. The molecule has 0 saturated heterocycles. The molecule has 0 bridgehead atoms. The van der Waals surface area contributed by atoms with E-state index in [2.05, 4.69) is 41.5 Å². The fourth-order valence-electron chi connectivity index (χ4n) is 3.02. The van der Waals surface area contributed by atoms with Gasteiger partial charge in [-0.15, -0.1) is 0 Å². The van der Waals surface area contributed by atoms with Crippen LogP contribution >= 0.6 is 23.1 Å². The molecule has 29 heavy (non-hydrogen) atoms. The van der Waals surface area contributed by atoms with Crippen LogP contribution in [0.3, 0.4) is 0 Å². The van der Waals surface area contributed by atoms with Crippen molar-refractivity contribution in [1.29, 1.82) is 0 Å². The number of halogens is 1. The third kappa shape index (κ3) is 4.18. The molecule has 9 heteroatoms. The Morgan fingerprint density at radius 2 is 1.86 bits per heavy atom. The third-order valence-corrected chi connectivity index (χ3v) is 6.59. The Kier molecular flexibility index (Phi) is 5.15. The van der Waals surface area contributed by atoms with Crippen LogP contribution in [0.5, 0.6) is 0 Å². The average Bonchev–Trinajstić information content (AvgIpc) is 3.05. The van der Waals surface area contributed by atoms with E-state index in [-0.39, 0.29) is 0 Å². The van der Waals surface area contributed by atoms with Gasteiger partial charge in [0.15, 0.2) is 0 Å². The molecule has 4 rings (SSSR count). The molecule has 0 spiro atoms. The molecule has 0 aliphatic carbocycles. The van der Waals surface area contributed by atoms with E-state index < -0.39 is 7.14 Å². The number of rotatable bonds is 5. The fraction of sp³-hybridized carbons (Fsp3) is 0.150. The summed E-state index contributed by atoms with van der Waals surface area (Å²) in [4.78, 5) is 13.3. The van der Waals surface area contributed by atoms with Crippen LogP contribution in [0.15, 0.2) is 59.5 Å². The highest BCUT2D eigenvalue weighted by Gasteiger charge is 2.17. The molecular weight excluding hydrogens is 451 g/mol. The third-order valence-electron chi connectivity index (χ3n) is 4.46. The highest BCUT2D eigenvalue weighted by Crippen LogP contribution is 2.38. The first kappa shape index (κ1) is 19.6. The summed E-state index contributed by atoms with van der Waals surface area (Å²) in [5, 5.41) is 7.30. The van der Waals surface area contributed by atoms with Crippen molar-refractivity contribution >= 4 is 62.6 Å². The van der Waals surface area contributed by atoms with E-state index in [0.29, 0.717) is 16.2 Å². The van der Waals surface area contributed by atoms with Gasteiger partial charge in [0.2, 0.25) is 5.95 Å². The van der Waals surface area contributed by atoms with Gasteiger partial charge < -0.3 is 19.8 Å². The summed E-state index contributed by atoms with van der Waals surface area (Å²) < 4.78 is 15.3. The van der Waals surface area contributed by atoms with Gasteiger partial charge in [0.25, 0.3) is 0 Å². The molecule has 4 aromatic rings. The summed E-state index contributed by atoms with van der Waals surface area (Å²) in [5.74, 6) is 1.04. The molecule has 2 heterocycles. The SMILES string of the molecule is Cn1cnc2ccc(Nc3ncc(Br)c(Nc4ccccc4P(C)(C)=O)n3)cc21. The number of nitrogens with zero attached hydrogens (tertiary/aromatic N) is 4. The van der Waals surface area contributed by atoms with E-state index in [1.807, 2.05) is 54.1 Å². The summed E-state index contributed by atoms with van der Waals surface area (Å²) in [7, 11) is -0.488. The van der Waals surface area contributed by atoms with Crippen molar-refractivity contribution in [3.05, 3.63) is 59.5 Å². The Hall–Kier alpha value is -2.70. The minimum atomic E-state index is -2.44. The molecule has 0 radical (unpaired) electrons. The van der Waals surface area contributed by atoms with Crippen molar-refractivity contribution in [2.45, 2.75) is 0 Å². The predicted octanol–water partition coefficient (Wildman–Crippen LogP) is 4.86. The summed E-state index contributed by atoms with van der Waals surface area (Å²) in [6.07, 6.45) is 3.46. The maximum Gasteiger partial charge on any atom is 0.229 e. The van der Waals surface area contributed by atoms with Crippen LogP contribution in [0, 0.1) is 0 Å². The fourth-order valence-corrected chi connectivity index (χ4v) is 4.47. The van der Waals surface area contributed by atoms with Gasteiger partial charge in [-0.05, 0) is 59.6 Å². The van der Waals surface area contributed by atoms with Gasteiger partial charge in [-0.2, -0.15) is 4.98 Å². The van der Waals surface area contributed by atoms with Crippen molar-refractivity contribution in [1.82, 2.24) is 19.5 Å². The van der Waals surface area contributed by atoms with Gasteiger partial charge in [0.1, 0.15) is 13.0 Å². The number of aryl methyl sites for hydroxylation is 1. The largest absolute Gasteiger partial charge is 0.339 e. The average molecular weight is 471 g/mol. The molecule has 2 N–H and O–H groups in total. The lowest BCUT2D eigenvalue weighted by Gasteiger charge is -2.16. The van der Waals surface area contributed by atoms with E-state index in [1.165, 1.54) is 0 Å². The Morgan fingerprint density at radius 1 is 1.07 bits per heavy atom. The molecule has 0 amide bonds. The van der Waals surface area contributed by atoms with Crippen molar-refractivity contribution < 1.29 is 4.57 Å². The summed E-state index contributed by atoms with van der Waals surface area (Å²) in [5.41, 5.74) is 3.57. The molecule has 0 saturated carbocycles. The van der Waals surface area contributed by atoms with Crippen LogP contribution in [0.25, 0.3) is 11.0 Å². The molecule has 2 aromatic carbocycles. The highest BCUT2D eigenvalue weighted by atomic mass is 79.9. The van der Waals surface area contributed by atoms with Crippen LogP contribution < -0.4 is 15.9 Å². The van der Waals surface area contributed by atoms with Gasteiger partial charge in [-0.3, -0.25) is 0 Å². The molecule has 0 unspecified atom stereocenters. The normalized spacial score (nSPS) is 11.6. The van der Waals surface area contributed by atoms with Gasteiger partial charge in [0.05, 0.1) is 27.5 Å². The van der Waals surface area contributed by atoms with Crippen molar-refractivity contribution in [3.63, 3.8) is 0 Å². The zero-order valence-electron chi connectivity index (χ0n) is 16.2. The van der Waals surface area contributed by atoms with Crippen LogP contribution in [0.1, 0.15) is 0 Å². The van der Waals surface area contributed by atoms with Crippen LogP contribution in [-0.2, 0) is 11.6 Å². The molecule has 0 aliphatic rings. The van der Waals surface area contributed by atoms with Crippen LogP contribution in [-0.4, -0.2) is 32.8 Å². The van der Waals surface area contributed by atoms with Crippen molar-refractivity contribution in [2.24, 2.45) is 7.05 Å². The lowest BCUT2D eigenvalue weighted by Crippen LogP contribution is -2.11. The Labute approximate surface area is 177 Å². The van der Waals surface area contributed by atoms with E-state index in [0.717, 1.165) is 27.7 Å². The maximum atomic E-state index is 12.6. The molecule has 2 aromatic heterocycles. The van der Waals surface area contributed by atoms with Crippen LogP contribution in [0.2, 0.25) is 0 Å². The van der Waals surface area contributed by atoms with E-state index in [9.17, 15) is 4.57 Å². The standard InChI is InChI=1S/C20H20BrN6OP/c1-27-12-23-15-9-8-13(10-17(15)27)24-20-22-11-14(21)19(26-20)25-16-6-4-5-7-18(16)29(2,3)28/h4-12H,1-3H3,(H2,22,24,25,26). The summed E-state index contributed by atoms with van der Waals surface area (Å²) in [6.45, 7) is 3.51. The Morgan fingerprint density at radius 3 is 2.66 bits per heavy atom. The number of para-hydroxylation sites is 1. The second-order valence-corrected chi connectivity index (χ2v) is 11.1. The molecule has 7 nitrogen and oxygen atoms in total. The zero-order valence-corrected chi connectivity index (χ0v) is 18.7. The predicted molar refractivity (Wildman–Crippen MR) is 123 cm³/mol. The van der Waals surface area contributed by atoms with Crippen molar-refractivity contribution in [2.75, 3.05) is 24.0 Å².